The fourth-order valence-corrected chi connectivity index (χ4v) is 0.987. The van der Waals surface area contributed by atoms with Crippen molar-refractivity contribution in [1.29, 1.82) is 0 Å². The third-order valence-corrected chi connectivity index (χ3v) is 1.52. The molecule has 0 saturated carbocycles. The second-order valence-electron chi connectivity index (χ2n) is 1.93. The molecule has 0 amide bonds. The predicted molar refractivity (Wildman–Crippen MR) is 42.0 cm³/mol. The summed E-state index contributed by atoms with van der Waals surface area (Å²) < 4.78 is 1.82. The normalized spacial score (nSPS) is 9.70. The number of alkyl halides is 1. The minimum atomic E-state index is 0.508. The Bertz CT molecular complexity index is 217. The molecule has 0 spiro atoms. The number of halogens is 1. The van der Waals surface area contributed by atoms with Crippen molar-refractivity contribution in [2.75, 3.05) is 0 Å². The van der Waals surface area contributed by atoms with Crippen LogP contribution in [-0.4, -0.2) is 9.78 Å². The van der Waals surface area contributed by atoms with E-state index in [4.69, 9.17) is 11.6 Å². The Morgan fingerprint density at radius 2 is 2.60 bits per heavy atom. The van der Waals surface area contributed by atoms with Crippen LogP contribution in [0.15, 0.2) is 24.9 Å². The largest absolute Gasteiger partial charge is 0.265 e. The Kier molecular flexibility index (Phi) is 2.51. The summed E-state index contributed by atoms with van der Waals surface area (Å²) in [7, 11) is 0. The molecule has 2 nitrogen and oxygen atoms in total. The van der Waals surface area contributed by atoms with Crippen molar-refractivity contribution in [1.82, 2.24) is 9.78 Å². The van der Waals surface area contributed by atoms with Gasteiger partial charge in [0, 0.05) is 6.20 Å². The molecule has 1 aromatic heterocycles. The molecule has 0 saturated heterocycles. The minimum Gasteiger partial charge on any atom is -0.265 e. The molecule has 10 heavy (non-hydrogen) atoms. The van der Waals surface area contributed by atoms with Gasteiger partial charge in [0.1, 0.15) is 0 Å². The summed E-state index contributed by atoms with van der Waals surface area (Å²) in [6.45, 7) is 4.34. The Labute approximate surface area is 65.1 Å². The van der Waals surface area contributed by atoms with Crippen LogP contribution in [0.5, 0.6) is 0 Å². The van der Waals surface area contributed by atoms with Gasteiger partial charge in [-0.05, 0) is 6.07 Å². The van der Waals surface area contributed by atoms with Crippen molar-refractivity contribution in [2.24, 2.45) is 0 Å². The first-order valence-electron chi connectivity index (χ1n) is 3.06. The van der Waals surface area contributed by atoms with E-state index < -0.39 is 0 Å². The van der Waals surface area contributed by atoms with Gasteiger partial charge in [0.05, 0.1) is 18.1 Å². The summed E-state index contributed by atoms with van der Waals surface area (Å²) >= 11 is 5.61. The molecular weight excluding hydrogens is 148 g/mol. The van der Waals surface area contributed by atoms with Crippen LogP contribution in [0.25, 0.3) is 0 Å². The number of aromatic nitrogens is 2. The van der Waals surface area contributed by atoms with Crippen molar-refractivity contribution in [2.45, 2.75) is 12.4 Å². The van der Waals surface area contributed by atoms with Gasteiger partial charge in [-0.3, -0.25) is 4.68 Å². The molecule has 0 unspecified atom stereocenters. The minimum absolute atomic E-state index is 0.508. The van der Waals surface area contributed by atoms with Crippen molar-refractivity contribution < 1.29 is 0 Å². The van der Waals surface area contributed by atoms with Crippen molar-refractivity contribution in [3.8, 4) is 0 Å². The summed E-state index contributed by atoms with van der Waals surface area (Å²) in [6, 6.07) is 1.90. The van der Waals surface area contributed by atoms with E-state index in [1.54, 1.807) is 12.3 Å². The third-order valence-electron chi connectivity index (χ3n) is 1.24. The molecule has 3 heteroatoms. The highest BCUT2D eigenvalue weighted by atomic mass is 35.5. The van der Waals surface area contributed by atoms with E-state index in [1.807, 2.05) is 10.7 Å². The van der Waals surface area contributed by atoms with E-state index in [2.05, 4.69) is 11.7 Å². The van der Waals surface area contributed by atoms with Crippen LogP contribution in [0.4, 0.5) is 0 Å². The second-order valence-corrected chi connectivity index (χ2v) is 2.19. The molecule has 0 aromatic carbocycles. The molecular formula is C7H9ClN2. The van der Waals surface area contributed by atoms with Crippen LogP contribution < -0.4 is 0 Å². The SMILES string of the molecule is C=CCn1nccc1CCl. The highest BCUT2D eigenvalue weighted by molar-refractivity contribution is 6.16. The quantitative estimate of drug-likeness (QED) is 0.482. The van der Waals surface area contributed by atoms with E-state index in [-0.39, 0.29) is 0 Å². The second kappa shape index (κ2) is 3.42. The molecule has 0 aliphatic heterocycles. The molecule has 1 aromatic rings. The number of hydrogen-bond donors (Lipinski definition) is 0. The summed E-state index contributed by atoms with van der Waals surface area (Å²) in [4.78, 5) is 0. The number of rotatable bonds is 3. The Morgan fingerprint density at radius 3 is 3.20 bits per heavy atom. The lowest BCUT2D eigenvalue weighted by atomic mass is 10.5. The van der Waals surface area contributed by atoms with Crippen molar-refractivity contribution in [3.63, 3.8) is 0 Å². The van der Waals surface area contributed by atoms with E-state index in [0.29, 0.717) is 5.88 Å². The Morgan fingerprint density at radius 1 is 1.80 bits per heavy atom. The highest BCUT2D eigenvalue weighted by Gasteiger charge is 1.96. The number of nitrogens with zero attached hydrogens (tertiary/aromatic N) is 2. The van der Waals surface area contributed by atoms with Gasteiger partial charge >= 0.3 is 0 Å². The molecule has 0 radical (unpaired) electrons. The highest BCUT2D eigenvalue weighted by Crippen LogP contribution is 2.01. The van der Waals surface area contributed by atoms with Crippen LogP contribution >= 0.6 is 11.6 Å². The van der Waals surface area contributed by atoms with E-state index in [0.717, 1.165) is 12.2 Å². The fourth-order valence-electron chi connectivity index (χ4n) is 0.760. The van der Waals surface area contributed by atoms with Gasteiger partial charge in [0.2, 0.25) is 0 Å². The third kappa shape index (κ3) is 1.39. The zero-order chi connectivity index (χ0) is 7.40. The molecule has 0 bridgehead atoms. The molecule has 54 valence electrons. The lowest BCUT2D eigenvalue weighted by Gasteiger charge is -1.98. The zero-order valence-corrected chi connectivity index (χ0v) is 6.38. The first kappa shape index (κ1) is 7.35. The van der Waals surface area contributed by atoms with Gasteiger partial charge in [-0.15, -0.1) is 18.2 Å². The maximum atomic E-state index is 5.61. The summed E-state index contributed by atoms with van der Waals surface area (Å²) in [6.07, 6.45) is 3.53. The standard InChI is InChI=1S/C7H9ClN2/c1-2-5-10-7(6-8)3-4-9-10/h2-4H,1,5-6H2. The lowest BCUT2D eigenvalue weighted by Crippen LogP contribution is -2.00. The van der Waals surface area contributed by atoms with Gasteiger partial charge in [-0.2, -0.15) is 5.10 Å². The molecule has 0 aliphatic carbocycles. The Hall–Kier alpha value is -0.760. The Balaban J connectivity index is 2.79. The van der Waals surface area contributed by atoms with Crippen molar-refractivity contribution in [3.05, 3.63) is 30.6 Å². The summed E-state index contributed by atoms with van der Waals surface area (Å²) in [5.74, 6) is 0.508. The number of hydrogen-bond acceptors (Lipinski definition) is 1. The van der Waals surface area contributed by atoms with Crippen molar-refractivity contribution >= 4 is 11.6 Å². The van der Waals surface area contributed by atoms with E-state index in [1.165, 1.54) is 0 Å². The van der Waals surface area contributed by atoms with Crippen LogP contribution in [0, 0.1) is 0 Å². The van der Waals surface area contributed by atoms with Crippen LogP contribution in [0.1, 0.15) is 5.69 Å². The van der Waals surface area contributed by atoms with Gasteiger partial charge in [0.15, 0.2) is 0 Å². The summed E-state index contributed by atoms with van der Waals surface area (Å²) in [5, 5.41) is 4.04. The maximum absolute atomic E-state index is 5.61. The molecule has 0 N–H and O–H groups in total. The lowest BCUT2D eigenvalue weighted by molar-refractivity contribution is 0.676. The average Bonchev–Trinajstić information content (AvgIpc) is 2.36. The number of allylic oxidation sites excluding steroid dienone is 1. The maximum Gasteiger partial charge on any atom is 0.0644 e. The topological polar surface area (TPSA) is 17.8 Å². The summed E-state index contributed by atoms with van der Waals surface area (Å²) in [5.41, 5.74) is 1.03. The monoisotopic (exact) mass is 156 g/mol. The van der Waals surface area contributed by atoms with Gasteiger partial charge in [-0.25, -0.2) is 0 Å². The van der Waals surface area contributed by atoms with Crippen LogP contribution in [0.3, 0.4) is 0 Å². The van der Waals surface area contributed by atoms with Crippen LogP contribution in [0.2, 0.25) is 0 Å². The molecule has 1 heterocycles. The van der Waals surface area contributed by atoms with Gasteiger partial charge < -0.3 is 0 Å². The van der Waals surface area contributed by atoms with E-state index in [9.17, 15) is 0 Å². The average molecular weight is 157 g/mol. The molecule has 0 fully saturated rings. The molecule has 1 rings (SSSR count). The van der Waals surface area contributed by atoms with Gasteiger partial charge in [-0.1, -0.05) is 6.08 Å². The zero-order valence-electron chi connectivity index (χ0n) is 5.63. The van der Waals surface area contributed by atoms with E-state index >= 15 is 0 Å². The van der Waals surface area contributed by atoms with Crippen LogP contribution in [-0.2, 0) is 12.4 Å². The predicted octanol–water partition coefficient (Wildman–Crippen LogP) is 1.81. The molecule has 0 aliphatic rings. The molecule has 0 atom stereocenters. The first-order chi connectivity index (χ1) is 4.88. The first-order valence-corrected chi connectivity index (χ1v) is 3.59. The smallest absolute Gasteiger partial charge is 0.0644 e. The van der Waals surface area contributed by atoms with Gasteiger partial charge in [0.25, 0.3) is 0 Å². The fraction of sp³-hybridized carbons (Fsp3) is 0.286.